The third-order valence-electron chi connectivity index (χ3n) is 6.02. The summed E-state index contributed by atoms with van der Waals surface area (Å²) in [6, 6.07) is 9.50. The number of benzene rings is 2. The van der Waals surface area contributed by atoms with Crippen molar-refractivity contribution in [1.82, 2.24) is 4.98 Å². The number of esters is 1. The summed E-state index contributed by atoms with van der Waals surface area (Å²) in [6.07, 6.45) is -3.88. The monoisotopic (exact) mass is 552 g/mol. The van der Waals surface area contributed by atoms with Gasteiger partial charge in [-0.25, -0.2) is 9.78 Å². The molecular formula is C26H21Cl2F3N2O4. The molecule has 0 spiro atoms. The first-order chi connectivity index (χ1) is 17.2. The third kappa shape index (κ3) is 5.37. The van der Waals surface area contributed by atoms with Crippen molar-refractivity contribution in [2.45, 2.75) is 38.5 Å². The Kier molecular flexibility index (Phi) is 8.08. The predicted octanol–water partition coefficient (Wildman–Crippen LogP) is 7.01. The van der Waals surface area contributed by atoms with Gasteiger partial charge >= 0.3 is 12.1 Å². The normalized spacial score (nSPS) is 13.9. The molecule has 0 aliphatic carbocycles. The van der Waals surface area contributed by atoms with Crippen LogP contribution in [0.1, 0.15) is 51.0 Å². The summed E-state index contributed by atoms with van der Waals surface area (Å²) in [6.45, 7) is 4.22. The lowest BCUT2D eigenvalue weighted by Gasteiger charge is -2.37. The topological polar surface area (TPSA) is 92.4 Å². The van der Waals surface area contributed by atoms with Crippen LogP contribution in [0.5, 0.6) is 11.6 Å². The van der Waals surface area contributed by atoms with Crippen LogP contribution in [0, 0.1) is 25.2 Å². The molecular weight excluding hydrogens is 532 g/mol. The number of hydrogen-bond acceptors (Lipinski definition) is 6. The summed E-state index contributed by atoms with van der Waals surface area (Å²) in [4.78, 5) is 15.6. The molecule has 0 fully saturated rings. The highest BCUT2D eigenvalue weighted by Crippen LogP contribution is 2.50. The zero-order chi connectivity index (χ0) is 27.7. The number of methoxy groups -OCH3 is 1. The summed E-state index contributed by atoms with van der Waals surface area (Å²) in [7, 11) is 1.20. The number of carbonyl (C=O) groups excluding carboxylic acids is 1. The molecule has 6 nitrogen and oxygen atoms in total. The molecule has 37 heavy (non-hydrogen) atoms. The van der Waals surface area contributed by atoms with Crippen LogP contribution >= 0.6 is 23.2 Å². The van der Waals surface area contributed by atoms with Crippen molar-refractivity contribution in [2.75, 3.05) is 7.11 Å². The molecule has 194 valence electrons. The molecule has 1 aromatic heterocycles. The van der Waals surface area contributed by atoms with Gasteiger partial charge in [-0.15, -0.1) is 0 Å². The summed E-state index contributed by atoms with van der Waals surface area (Å²) in [5.74, 6) is -2.14. The van der Waals surface area contributed by atoms with Crippen molar-refractivity contribution in [3.63, 3.8) is 0 Å². The molecule has 11 heteroatoms. The van der Waals surface area contributed by atoms with Crippen LogP contribution in [-0.4, -0.2) is 29.3 Å². The summed E-state index contributed by atoms with van der Waals surface area (Å²) in [5, 5.41) is 20.3. The van der Waals surface area contributed by atoms with Gasteiger partial charge in [0.05, 0.1) is 24.3 Å². The van der Waals surface area contributed by atoms with Crippen molar-refractivity contribution >= 4 is 29.2 Å². The Balaban J connectivity index is 2.00. The van der Waals surface area contributed by atoms with E-state index in [9.17, 15) is 28.3 Å². The lowest BCUT2D eigenvalue weighted by molar-refractivity contribution is -0.274. The van der Waals surface area contributed by atoms with E-state index in [2.05, 4.69) is 9.72 Å². The number of hydrogen-bond donors (Lipinski definition) is 1. The predicted molar refractivity (Wildman–Crippen MR) is 131 cm³/mol. The van der Waals surface area contributed by atoms with Gasteiger partial charge in [0.15, 0.2) is 5.60 Å². The minimum absolute atomic E-state index is 0.00512. The smallest absolute Gasteiger partial charge is 0.422 e. The van der Waals surface area contributed by atoms with Crippen LogP contribution in [0.25, 0.3) is 0 Å². The van der Waals surface area contributed by atoms with E-state index in [-0.39, 0.29) is 38.4 Å². The van der Waals surface area contributed by atoms with Gasteiger partial charge in [0.1, 0.15) is 10.8 Å². The van der Waals surface area contributed by atoms with E-state index in [1.807, 2.05) is 6.07 Å². The maximum absolute atomic E-state index is 14.4. The molecule has 0 radical (unpaired) electrons. The largest absolute Gasteiger partial charge is 0.465 e. The Labute approximate surface area is 221 Å². The molecule has 3 aromatic rings. The van der Waals surface area contributed by atoms with Gasteiger partial charge in [0.25, 0.3) is 0 Å². The standard InChI is InChI=1S/C26H21Cl2F3N2O4/c1-13-7-17(8-14(2)20(13)11-32)25(35,26(29,30)31)15(3)19-6-5-18(10-21(19)27)37-23-22(28)9-16(12-33-23)24(34)36-4/h5-10,12,15,35H,1-4H3/t15-,25-/m0/s1. The fourth-order valence-corrected chi connectivity index (χ4v) is 4.55. The molecule has 0 aliphatic heterocycles. The van der Waals surface area contributed by atoms with Crippen LogP contribution in [0.4, 0.5) is 13.2 Å². The van der Waals surface area contributed by atoms with Gasteiger partial charge < -0.3 is 14.6 Å². The molecule has 0 saturated carbocycles. The van der Waals surface area contributed by atoms with E-state index in [4.69, 9.17) is 27.9 Å². The minimum atomic E-state index is -5.07. The Hall–Kier alpha value is -3.32. The van der Waals surface area contributed by atoms with E-state index < -0.39 is 29.2 Å². The van der Waals surface area contributed by atoms with Gasteiger partial charge in [-0.05, 0) is 54.3 Å². The van der Waals surface area contributed by atoms with E-state index in [1.165, 1.54) is 58.3 Å². The average Bonchev–Trinajstić information content (AvgIpc) is 2.83. The van der Waals surface area contributed by atoms with Crippen LogP contribution < -0.4 is 4.74 Å². The highest BCUT2D eigenvalue weighted by Gasteiger charge is 2.59. The molecule has 1 N–H and O–H groups in total. The van der Waals surface area contributed by atoms with Crippen molar-refractivity contribution in [3.05, 3.63) is 86.0 Å². The van der Waals surface area contributed by atoms with Crippen LogP contribution in [0.3, 0.4) is 0 Å². The summed E-state index contributed by atoms with van der Waals surface area (Å²) in [5.41, 5.74) is -2.74. The Morgan fingerprint density at radius 3 is 2.22 bits per heavy atom. The zero-order valence-corrected chi connectivity index (χ0v) is 21.6. The molecule has 2 atom stereocenters. The van der Waals surface area contributed by atoms with Gasteiger partial charge in [-0.1, -0.05) is 48.3 Å². The highest BCUT2D eigenvalue weighted by atomic mass is 35.5. The lowest BCUT2D eigenvalue weighted by Crippen LogP contribution is -2.46. The fourth-order valence-electron chi connectivity index (χ4n) is 4.01. The van der Waals surface area contributed by atoms with Gasteiger partial charge in [-0.3, -0.25) is 0 Å². The van der Waals surface area contributed by atoms with Gasteiger partial charge in [0, 0.05) is 17.1 Å². The molecule has 0 aliphatic rings. The van der Waals surface area contributed by atoms with E-state index in [0.717, 1.165) is 12.1 Å². The molecule has 0 saturated heterocycles. The molecule has 0 bridgehead atoms. The van der Waals surface area contributed by atoms with Crippen molar-refractivity contribution in [2.24, 2.45) is 0 Å². The average molecular weight is 553 g/mol. The number of aromatic nitrogens is 1. The maximum Gasteiger partial charge on any atom is 0.422 e. The van der Waals surface area contributed by atoms with Crippen molar-refractivity contribution in [3.8, 4) is 17.7 Å². The van der Waals surface area contributed by atoms with Gasteiger partial charge in [-0.2, -0.15) is 18.4 Å². The minimum Gasteiger partial charge on any atom is -0.465 e. The highest BCUT2D eigenvalue weighted by molar-refractivity contribution is 6.32. The molecule has 0 unspecified atom stereocenters. The Morgan fingerprint density at radius 2 is 1.73 bits per heavy atom. The van der Waals surface area contributed by atoms with Crippen molar-refractivity contribution in [1.29, 1.82) is 5.26 Å². The first kappa shape index (κ1) is 28.3. The number of rotatable bonds is 6. The number of ether oxygens (including phenoxy) is 2. The second-order valence-electron chi connectivity index (χ2n) is 8.37. The summed E-state index contributed by atoms with van der Waals surface area (Å²) < 4.78 is 53.4. The fraction of sp³-hybridized carbons (Fsp3) is 0.269. The van der Waals surface area contributed by atoms with Gasteiger partial charge in [0.2, 0.25) is 5.88 Å². The summed E-state index contributed by atoms with van der Waals surface area (Å²) >= 11 is 12.5. The molecule has 3 rings (SSSR count). The van der Waals surface area contributed by atoms with Crippen molar-refractivity contribution < 1.29 is 32.5 Å². The second-order valence-corrected chi connectivity index (χ2v) is 9.19. The molecule has 1 heterocycles. The van der Waals surface area contributed by atoms with E-state index >= 15 is 0 Å². The molecule has 2 aromatic carbocycles. The Bertz CT molecular complexity index is 1380. The first-order valence-corrected chi connectivity index (χ1v) is 11.5. The van der Waals surface area contributed by atoms with Crippen LogP contribution in [0.2, 0.25) is 10.0 Å². The molecule has 0 amide bonds. The third-order valence-corrected chi connectivity index (χ3v) is 6.62. The number of carbonyl (C=O) groups is 1. The van der Waals surface area contributed by atoms with Crippen LogP contribution in [0.15, 0.2) is 42.6 Å². The zero-order valence-electron chi connectivity index (χ0n) is 20.1. The number of aliphatic hydroxyl groups is 1. The number of alkyl halides is 3. The SMILES string of the molecule is COC(=O)c1cnc(Oc2ccc([C@H](C)[C@](O)(c3cc(C)c(C#N)c(C)c3)C(F)(F)F)c(Cl)c2)c(Cl)c1. The second kappa shape index (κ2) is 10.6. The van der Waals surface area contributed by atoms with Crippen LogP contribution in [-0.2, 0) is 10.3 Å². The number of halogens is 5. The number of nitrogens with zero attached hydrogens (tertiary/aromatic N) is 2. The number of pyridine rings is 1. The lowest BCUT2D eigenvalue weighted by atomic mass is 9.76. The number of aryl methyl sites for hydroxylation is 2. The number of nitriles is 1. The first-order valence-electron chi connectivity index (χ1n) is 10.8. The van der Waals surface area contributed by atoms with E-state index in [1.54, 1.807) is 0 Å². The van der Waals surface area contributed by atoms with E-state index in [0.29, 0.717) is 11.1 Å². The Morgan fingerprint density at radius 1 is 1.11 bits per heavy atom. The maximum atomic E-state index is 14.4. The quantitative estimate of drug-likeness (QED) is 0.330.